The van der Waals surface area contributed by atoms with E-state index < -0.39 is 0 Å². The van der Waals surface area contributed by atoms with Gasteiger partial charge < -0.3 is 5.73 Å². The van der Waals surface area contributed by atoms with E-state index in [0.29, 0.717) is 0 Å². The second kappa shape index (κ2) is 13.7. The molecular weight excluding hydrogens is 302 g/mol. The van der Waals surface area contributed by atoms with E-state index >= 15 is 0 Å². The number of carbonyl (C=O) groups is 1. The summed E-state index contributed by atoms with van der Waals surface area (Å²) in [6.45, 7) is 2.27. The molecule has 0 aliphatic heterocycles. The van der Waals surface area contributed by atoms with Crippen molar-refractivity contribution in [3.8, 4) is 0 Å². The summed E-state index contributed by atoms with van der Waals surface area (Å²) >= 11 is 1.74. The molecular formula is C20H35NOS. The van der Waals surface area contributed by atoms with Crippen molar-refractivity contribution in [3.05, 3.63) is 23.8 Å². The van der Waals surface area contributed by atoms with E-state index in [1.54, 1.807) is 11.8 Å². The summed E-state index contributed by atoms with van der Waals surface area (Å²) in [5.41, 5.74) is 6.78. The van der Waals surface area contributed by atoms with Crippen molar-refractivity contribution in [3.63, 3.8) is 0 Å². The molecule has 0 saturated heterocycles. The van der Waals surface area contributed by atoms with Gasteiger partial charge >= 0.3 is 0 Å². The Labute approximate surface area is 147 Å². The lowest BCUT2D eigenvalue weighted by Crippen LogP contribution is -2.28. The highest BCUT2D eigenvalue weighted by molar-refractivity contribution is 8.00. The number of rotatable bonds is 14. The third-order valence-corrected chi connectivity index (χ3v) is 5.82. The van der Waals surface area contributed by atoms with Gasteiger partial charge in [-0.15, -0.1) is 11.8 Å². The highest BCUT2D eigenvalue weighted by Crippen LogP contribution is 2.26. The van der Waals surface area contributed by atoms with Gasteiger partial charge in [0.15, 0.2) is 0 Å². The Morgan fingerprint density at radius 1 is 1.09 bits per heavy atom. The third kappa shape index (κ3) is 9.91. The second-order valence-corrected chi connectivity index (χ2v) is 7.76. The normalized spacial score (nSPS) is 15.4. The maximum absolute atomic E-state index is 11.6. The third-order valence-electron chi connectivity index (χ3n) is 4.42. The zero-order valence-corrected chi connectivity index (χ0v) is 15.7. The SMILES string of the molecule is CCCCCCCCCCCCS[C@H](C(N)=O)C1=CC=CCC1. The summed E-state index contributed by atoms with van der Waals surface area (Å²) in [5, 5.41) is -0.112. The molecule has 0 aromatic carbocycles. The van der Waals surface area contributed by atoms with E-state index in [9.17, 15) is 4.79 Å². The van der Waals surface area contributed by atoms with Crippen molar-refractivity contribution in [2.24, 2.45) is 5.73 Å². The van der Waals surface area contributed by atoms with Crippen LogP contribution in [-0.4, -0.2) is 16.9 Å². The Kier molecular flexibility index (Phi) is 12.1. The first kappa shape index (κ1) is 20.3. The smallest absolute Gasteiger partial charge is 0.234 e. The first-order chi connectivity index (χ1) is 11.3. The van der Waals surface area contributed by atoms with Crippen LogP contribution in [0.5, 0.6) is 0 Å². The Hall–Kier alpha value is -0.700. The number of hydrogen-bond donors (Lipinski definition) is 1. The number of allylic oxidation sites excluding steroid dienone is 3. The van der Waals surface area contributed by atoms with Gasteiger partial charge in [-0.2, -0.15) is 0 Å². The van der Waals surface area contributed by atoms with Crippen molar-refractivity contribution in [2.75, 3.05) is 5.75 Å². The Bertz CT molecular complexity index is 376. The minimum Gasteiger partial charge on any atom is -0.368 e. The van der Waals surface area contributed by atoms with Crippen LogP contribution in [0.1, 0.15) is 84.0 Å². The predicted molar refractivity (Wildman–Crippen MR) is 104 cm³/mol. The summed E-state index contributed by atoms with van der Waals surface area (Å²) < 4.78 is 0. The van der Waals surface area contributed by atoms with Crippen LogP contribution in [0.25, 0.3) is 0 Å². The fourth-order valence-corrected chi connectivity index (χ4v) is 4.18. The summed E-state index contributed by atoms with van der Waals surface area (Å²) in [7, 11) is 0. The van der Waals surface area contributed by atoms with Gasteiger partial charge in [-0.05, 0) is 30.6 Å². The van der Waals surface area contributed by atoms with Gasteiger partial charge in [-0.3, -0.25) is 4.79 Å². The summed E-state index contributed by atoms with van der Waals surface area (Å²) in [4.78, 5) is 11.6. The number of hydrogen-bond acceptors (Lipinski definition) is 2. The molecule has 0 fully saturated rings. The van der Waals surface area contributed by atoms with Gasteiger partial charge in [0.25, 0.3) is 0 Å². The highest BCUT2D eigenvalue weighted by atomic mass is 32.2. The first-order valence-corrected chi connectivity index (χ1v) is 10.6. The minimum atomic E-state index is -0.177. The van der Waals surface area contributed by atoms with Crippen LogP contribution in [0.3, 0.4) is 0 Å². The van der Waals surface area contributed by atoms with Gasteiger partial charge in [-0.1, -0.05) is 82.9 Å². The summed E-state index contributed by atoms with van der Waals surface area (Å²) in [5.74, 6) is 0.870. The van der Waals surface area contributed by atoms with E-state index in [4.69, 9.17) is 5.73 Å². The van der Waals surface area contributed by atoms with Crippen LogP contribution in [0.4, 0.5) is 0 Å². The van der Waals surface area contributed by atoms with Gasteiger partial charge in [0.1, 0.15) is 5.25 Å². The van der Waals surface area contributed by atoms with Crippen molar-refractivity contribution >= 4 is 17.7 Å². The largest absolute Gasteiger partial charge is 0.368 e. The predicted octanol–water partition coefficient (Wildman–Crippen LogP) is 5.77. The first-order valence-electron chi connectivity index (χ1n) is 9.52. The van der Waals surface area contributed by atoms with Gasteiger partial charge in [-0.25, -0.2) is 0 Å². The van der Waals surface area contributed by atoms with Crippen LogP contribution in [0.2, 0.25) is 0 Å². The lowest BCUT2D eigenvalue weighted by atomic mass is 10.0. The zero-order valence-electron chi connectivity index (χ0n) is 14.9. The number of thioether (sulfide) groups is 1. The molecule has 23 heavy (non-hydrogen) atoms. The van der Waals surface area contributed by atoms with E-state index in [1.807, 2.05) is 0 Å². The number of carbonyl (C=O) groups excluding carboxylic acids is 1. The lowest BCUT2D eigenvalue weighted by Gasteiger charge is -2.18. The van der Waals surface area contributed by atoms with Crippen molar-refractivity contribution in [1.29, 1.82) is 0 Å². The van der Waals surface area contributed by atoms with E-state index in [0.717, 1.165) is 18.6 Å². The number of amides is 1. The monoisotopic (exact) mass is 337 g/mol. The van der Waals surface area contributed by atoms with Crippen LogP contribution in [0, 0.1) is 0 Å². The molecule has 0 aromatic heterocycles. The number of unbranched alkanes of at least 4 members (excludes halogenated alkanes) is 9. The Morgan fingerprint density at radius 2 is 1.70 bits per heavy atom. The molecule has 1 amide bonds. The molecule has 3 heteroatoms. The summed E-state index contributed by atoms with van der Waals surface area (Å²) in [6, 6.07) is 0. The van der Waals surface area contributed by atoms with E-state index in [-0.39, 0.29) is 11.2 Å². The molecule has 0 radical (unpaired) electrons. The van der Waals surface area contributed by atoms with Gasteiger partial charge in [0.05, 0.1) is 0 Å². The number of primary amides is 1. The van der Waals surface area contributed by atoms with Gasteiger partial charge in [0, 0.05) is 0 Å². The quantitative estimate of drug-likeness (QED) is 0.409. The molecule has 1 rings (SSSR count). The Balaban J connectivity index is 2.01. The van der Waals surface area contributed by atoms with Crippen LogP contribution >= 0.6 is 11.8 Å². The van der Waals surface area contributed by atoms with Crippen molar-refractivity contribution in [2.45, 2.75) is 89.2 Å². The molecule has 1 atom stereocenters. The molecule has 0 bridgehead atoms. The van der Waals surface area contributed by atoms with E-state index in [2.05, 4.69) is 25.2 Å². The molecule has 0 saturated carbocycles. The topological polar surface area (TPSA) is 43.1 Å². The molecule has 132 valence electrons. The molecule has 1 aliphatic rings. The fourth-order valence-electron chi connectivity index (χ4n) is 3.00. The van der Waals surface area contributed by atoms with Crippen LogP contribution < -0.4 is 5.73 Å². The molecule has 0 spiro atoms. The summed E-state index contributed by atoms with van der Waals surface area (Å²) in [6.07, 6.45) is 21.8. The average molecular weight is 338 g/mol. The second-order valence-electron chi connectivity index (χ2n) is 6.54. The molecule has 2 N–H and O–H groups in total. The molecule has 0 heterocycles. The molecule has 1 aliphatic carbocycles. The Morgan fingerprint density at radius 3 is 2.22 bits per heavy atom. The molecule has 2 nitrogen and oxygen atoms in total. The average Bonchev–Trinajstić information content (AvgIpc) is 2.56. The van der Waals surface area contributed by atoms with Crippen LogP contribution in [0.15, 0.2) is 23.8 Å². The maximum atomic E-state index is 11.6. The minimum absolute atomic E-state index is 0.112. The highest BCUT2D eigenvalue weighted by Gasteiger charge is 2.20. The standard InChI is InChI=1S/C20H35NOS/c1-2-3-4-5-6-7-8-9-10-14-17-23-19(20(21)22)18-15-12-11-13-16-18/h11-12,15,19H,2-10,13-14,16-17H2,1H3,(H2,21,22)/t19-/m0/s1. The van der Waals surface area contributed by atoms with Crippen molar-refractivity contribution in [1.82, 2.24) is 0 Å². The molecule has 0 unspecified atom stereocenters. The van der Waals surface area contributed by atoms with Crippen LogP contribution in [-0.2, 0) is 4.79 Å². The lowest BCUT2D eigenvalue weighted by molar-refractivity contribution is -0.116. The molecule has 0 aromatic rings. The van der Waals surface area contributed by atoms with E-state index in [1.165, 1.54) is 69.8 Å². The maximum Gasteiger partial charge on any atom is 0.234 e. The zero-order chi connectivity index (χ0) is 16.8. The van der Waals surface area contributed by atoms with Gasteiger partial charge in [0.2, 0.25) is 5.91 Å². The fraction of sp³-hybridized carbons (Fsp3) is 0.750. The van der Waals surface area contributed by atoms with Crippen molar-refractivity contribution < 1.29 is 4.79 Å². The number of nitrogens with two attached hydrogens (primary N) is 1.